The molecule has 2 nitrogen and oxygen atoms in total. The van der Waals surface area contributed by atoms with Gasteiger partial charge in [-0.05, 0) is 69.3 Å². The molecule has 0 bridgehead atoms. The molecule has 0 aromatic heterocycles. The second kappa shape index (κ2) is 6.56. The summed E-state index contributed by atoms with van der Waals surface area (Å²) >= 11 is 0. The van der Waals surface area contributed by atoms with Crippen molar-refractivity contribution in [2.75, 3.05) is 0 Å². The van der Waals surface area contributed by atoms with Crippen LogP contribution in [-0.4, -0.2) is 10.9 Å². The van der Waals surface area contributed by atoms with E-state index < -0.39 is 0 Å². The molecule has 0 saturated carbocycles. The van der Waals surface area contributed by atoms with Gasteiger partial charge in [0.25, 0.3) is 0 Å². The van der Waals surface area contributed by atoms with Crippen LogP contribution >= 0.6 is 0 Å². The highest BCUT2D eigenvalue weighted by Crippen LogP contribution is 2.46. The van der Waals surface area contributed by atoms with E-state index >= 15 is 0 Å². The summed E-state index contributed by atoms with van der Waals surface area (Å²) in [5.41, 5.74) is 5.27. The highest BCUT2D eigenvalue weighted by molar-refractivity contribution is 6.10. The first-order chi connectivity index (χ1) is 13.2. The van der Waals surface area contributed by atoms with Gasteiger partial charge in [0.15, 0.2) is 5.78 Å². The molecule has 1 N–H and O–H groups in total. The van der Waals surface area contributed by atoms with Crippen molar-refractivity contribution in [1.29, 1.82) is 0 Å². The van der Waals surface area contributed by atoms with Gasteiger partial charge < -0.3 is 5.11 Å². The number of fused-ring (bicyclic) bond motifs is 2. The summed E-state index contributed by atoms with van der Waals surface area (Å²) in [7, 11) is 0. The lowest BCUT2D eigenvalue weighted by molar-refractivity contribution is 0.103. The van der Waals surface area contributed by atoms with Gasteiger partial charge in [0, 0.05) is 11.1 Å². The van der Waals surface area contributed by atoms with Gasteiger partial charge in [-0.25, -0.2) is 0 Å². The topological polar surface area (TPSA) is 37.3 Å². The molecule has 0 radical (unpaired) electrons. The molecule has 3 aromatic rings. The fraction of sp³-hybridized carbons (Fsp3) is 0.346. The molecule has 0 saturated heterocycles. The first-order valence-corrected chi connectivity index (χ1v) is 10.0. The minimum atomic E-state index is 0.0257. The smallest absolute Gasteiger partial charge is 0.193 e. The predicted molar refractivity (Wildman–Crippen MR) is 115 cm³/mol. The van der Waals surface area contributed by atoms with Crippen LogP contribution in [0, 0.1) is 0 Å². The molecule has 3 aromatic carbocycles. The van der Waals surface area contributed by atoms with Crippen molar-refractivity contribution < 1.29 is 9.90 Å². The third-order valence-corrected chi connectivity index (χ3v) is 6.46. The Morgan fingerprint density at radius 2 is 1.36 bits per heavy atom. The Hall–Kier alpha value is -2.45. The van der Waals surface area contributed by atoms with E-state index in [-0.39, 0.29) is 23.2 Å². The molecular formula is C26H28O2. The van der Waals surface area contributed by atoms with Crippen molar-refractivity contribution in [3.8, 4) is 0 Å². The number of aliphatic hydroxyl groups excluding tert-OH is 1. The lowest BCUT2D eigenvalue weighted by Crippen LogP contribution is -2.34. The van der Waals surface area contributed by atoms with E-state index in [2.05, 4.69) is 39.8 Å². The molecule has 0 amide bonds. The van der Waals surface area contributed by atoms with Crippen LogP contribution < -0.4 is 0 Å². The highest BCUT2D eigenvalue weighted by Gasteiger charge is 2.37. The number of benzene rings is 3. The standard InChI is InChI=1S/C26H28O2/c1-25(2)11-12-26(3,4)23-15-21(9-10-22(23)25)24(28)20-8-7-18-13-17(16-27)5-6-19(18)14-20/h5-10,13-15,27H,11-12,16H2,1-4H3. The van der Waals surface area contributed by atoms with Crippen molar-refractivity contribution in [2.45, 2.75) is 58.0 Å². The van der Waals surface area contributed by atoms with Crippen molar-refractivity contribution >= 4 is 16.6 Å². The van der Waals surface area contributed by atoms with E-state index in [1.165, 1.54) is 17.5 Å². The van der Waals surface area contributed by atoms with Crippen LogP contribution in [0.25, 0.3) is 10.8 Å². The maximum atomic E-state index is 13.2. The van der Waals surface area contributed by atoms with Gasteiger partial charge in [-0.15, -0.1) is 0 Å². The van der Waals surface area contributed by atoms with Gasteiger partial charge in [-0.2, -0.15) is 0 Å². The second-order valence-corrected chi connectivity index (χ2v) is 9.41. The van der Waals surface area contributed by atoms with Crippen LogP contribution in [0.3, 0.4) is 0 Å². The molecule has 0 spiro atoms. The number of carbonyl (C=O) groups is 1. The molecule has 28 heavy (non-hydrogen) atoms. The lowest BCUT2D eigenvalue weighted by atomic mass is 9.63. The van der Waals surface area contributed by atoms with E-state index in [4.69, 9.17) is 0 Å². The third kappa shape index (κ3) is 3.16. The Labute approximate surface area is 167 Å². The third-order valence-electron chi connectivity index (χ3n) is 6.46. The quantitative estimate of drug-likeness (QED) is 0.580. The van der Waals surface area contributed by atoms with Crippen molar-refractivity contribution in [2.24, 2.45) is 0 Å². The number of ketones is 1. The van der Waals surface area contributed by atoms with Crippen LogP contribution in [0.2, 0.25) is 0 Å². The number of carbonyl (C=O) groups excluding carboxylic acids is 1. The fourth-order valence-corrected chi connectivity index (χ4v) is 4.43. The van der Waals surface area contributed by atoms with Gasteiger partial charge in [0.1, 0.15) is 0 Å². The zero-order valence-electron chi connectivity index (χ0n) is 17.2. The molecule has 0 aliphatic heterocycles. The van der Waals surface area contributed by atoms with E-state index in [0.29, 0.717) is 5.56 Å². The molecule has 0 atom stereocenters. The van der Waals surface area contributed by atoms with Crippen LogP contribution in [0.1, 0.15) is 73.1 Å². The van der Waals surface area contributed by atoms with Crippen molar-refractivity contribution in [1.82, 2.24) is 0 Å². The maximum Gasteiger partial charge on any atom is 0.193 e. The Balaban J connectivity index is 1.75. The summed E-state index contributed by atoms with van der Waals surface area (Å²) in [5, 5.41) is 11.4. The maximum absolute atomic E-state index is 13.2. The number of hydrogen-bond acceptors (Lipinski definition) is 2. The van der Waals surface area contributed by atoms with Crippen LogP contribution in [0.15, 0.2) is 54.6 Å². The zero-order chi connectivity index (χ0) is 20.1. The largest absolute Gasteiger partial charge is 0.392 e. The second-order valence-electron chi connectivity index (χ2n) is 9.41. The summed E-state index contributed by atoms with van der Waals surface area (Å²) in [4.78, 5) is 13.2. The highest BCUT2D eigenvalue weighted by atomic mass is 16.3. The summed E-state index contributed by atoms with van der Waals surface area (Å²) < 4.78 is 0. The van der Waals surface area contributed by atoms with Crippen LogP contribution in [-0.2, 0) is 17.4 Å². The average molecular weight is 373 g/mol. The van der Waals surface area contributed by atoms with Crippen molar-refractivity contribution in [3.05, 3.63) is 82.4 Å². The molecule has 0 fully saturated rings. The van der Waals surface area contributed by atoms with E-state index in [9.17, 15) is 9.90 Å². The number of aliphatic hydroxyl groups is 1. The molecule has 2 heteroatoms. The first-order valence-electron chi connectivity index (χ1n) is 10.0. The van der Waals surface area contributed by atoms with Gasteiger partial charge in [0.05, 0.1) is 6.61 Å². The van der Waals surface area contributed by atoms with Gasteiger partial charge in [0.2, 0.25) is 0 Å². The minimum Gasteiger partial charge on any atom is -0.392 e. The minimum absolute atomic E-state index is 0.0257. The summed E-state index contributed by atoms with van der Waals surface area (Å²) in [6.07, 6.45) is 2.30. The molecular weight excluding hydrogens is 344 g/mol. The lowest BCUT2D eigenvalue weighted by Gasteiger charge is -2.42. The van der Waals surface area contributed by atoms with E-state index in [0.717, 1.165) is 28.3 Å². The summed E-state index contributed by atoms with van der Waals surface area (Å²) in [6.45, 7) is 9.19. The molecule has 1 aliphatic rings. The molecule has 0 heterocycles. The molecule has 144 valence electrons. The molecule has 0 unspecified atom stereocenters. The van der Waals surface area contributed by atoms with Gasteiger partial charge in [-0.3, -0.25) is 4.79 Å². The van der Waals surface area contributed by atoms with Crippen molar-refractivity contribution in [3.63, 3.8) is 0 Å². The van der Waals surface area contributed by atoms with E-state index in [1.807, 2.05) is 42.5 Å². The molecule has 4 rings (SSSR count). The molecule has 1 aliphatic carbocycles. The fourth-order valence-electron chi connectivity index (χ4n) is 4.43. The monoisotopic (exact) mass is 372 g/mol. The Morgan fingerprint density at radius 3 is 2.07 bits per heavy atom. The van der Waals surface area contributed by atoms with Gasteiger partial charge >= 0.3 is 0 Å². The van der Waals surface area contributed by atoms with Crippen LogP contribution in [0.5, 0.6) is 0 Å². The summed E-state index contributed by atoms with van der Waals surface area (Å²) in [6, 6.07) is 17.9. The van der Waals surface area contributed by atoms with E-state index in [1.54, 1.807) is 0 Å². The van der Waals surface area contributed by atoms with Gasteiger partial charge in [-0.1, -0.05) is 64.1 Å². The Kier molecular flexibility index (Phi) is 4.43. The zero-order valence-corrected chi connectivity index (χ0v) is 17.2. The Morgan fingerprint density at radius 1 is 0.786 bits per heavy atom. The number of hydrogen-bond donors (Lipinski definition) is 1. The SMILES string of the molecule is CC1(C)CCC(C)(C)c2cc(C(=O)c3ccc4cc(CO)ccc4c3)ccc21. The normalized spacial score (nSPS) is 17.3. The predicted octanol–water partition coefficient (Wildman–Crippen LogP) is 5.91. The summed E-state index contributed by atoms with van der Waals surface area (Å²) in [5.74, 6) is 0.0649. The number of rotatable bonds is 3. The first kappa shape index (κ1) is 18.9. The van der Waals surface area contributed by atoms with Crippen LogP contribution in [0.4, 0.5) is 0 Å². The Bertz CT molecular complexity index is 1070. The average Bonchev–Trinajstić information content (AvgIpc) is 2.70.